The van der Waals surface area contributed by atoms with Crippen LogP contribution in [-0.2, 0) is 10.8 Å². The van der Waals surface area contributed by atoms with Gasteiger partial charge in [0.05, 0.1) is 26.1 Å². The van der Waals surface area contributed by atoms with Gasteiger partial charge in [0, 0.05) is 47.8 Å². The van der Waals surface area contributed by atoms with E-state index >= 15 is 0 Å². The Morgan fingerprint density at radius 1 is 1.29 bits per heavy atom. The molecule has 5 heterocycles. The van der Waals surface area contributed by atoms with E-state index in [1.807, 2.05) is 0 Å². The van der Waals surface area contributed by atoms with Crippen molar-refractivity contribution in [2.45, 2.75) is 54.8 Å². The van der Waals surface area contributed by atoms with Crippen LogP contribution < -0.4 is 21.9 Å². The maximum atomic E-state index is 13.2. The van der Waals surface area contributed by atoms with Crippen LogP contribution in [0, 0.1) is 11.8 Å². The van der Waals surface area contributed by atoms with Crippen molar-refractivity contribution in [3.63, 3.8) is 0 Å². The first kappa shape index (κ1) is 17.6. The third kappa shape index (κ3) is 2.65. The van der Waals surface area contributed by atoms with E-state index in [1.165, 1.54) is 12.1 Å². The minimum absolute atomic E-state index is 0.140. The van der Waals surface area contributed by atoms with Gasteiger partial charge >= 0.3 is 5.69 Å². The molecular formula is C18H24N6O2S2. The lowest BCUT2D eigenvalue weighted by Gasteiger charge is -2.48. The highest BCUT2D eigenvalue weighted by atomic mass is 32.2. The fraction of sp³-hybridized carbons (Fsp3) is 0.667. The molecule has 6 atom stereocenters. The van der Waals surface area contributed by atoms with Crippen molar-refractivity contribution in [3.05, 3.63) is 38.4 Å². The van der Waals surface area contributed by atoms with Crippen LogP contribution in [0.25, 0.3) is 0 Å². The van der Waals surface area contributed by atoms with Crippen LogP contribution in [0.1, 0.15) is 43.7 Å². The highest BCUT2D eigenvalue weighted by molar-refractivity contribution is 8.17. The fourth-order valence-corrected chi connectivity index (χ4v) is 9.04. The first-order valence-corrected chi connectivity index (χ1v) is 12.2. The molecule has 4 fully saturated rings. The Kier molecular flexibility index (Phi) is 4.20. The molecule has 0 aromatic carbocycles. The second-order valence-electron chi connectivity index (χ2n) is 8.33. The highest BCUT2D eigenvalue weighted by Crippen LogP contribution is 2.55. The molecule has 6 rings (SSSR count). The fourth-order valence-electron chi connectivity index (χ4n) is 5.22. The second kappa shape index (κ2) is 6.66. The summed E-state index contributed by atoms with van der Waals surface area (Å²) in [6.07, 6.45) is 8.90. The lowest BCUT2D eigenvalue weighted by atomic mass is 9.74. The van der Waals surface area contributed by atoms with Gasteiger partial charge in [-0.2, -0.15) is 5.12 Å². The Bertz CT molecular complexity index is 895. The third-order valence-electron chi connectivity index (χ3n) is 6.87. The van der Waals surface area contributed by atoms with E-state index in [9.17, 15) is 9.00 Å². The molecule has 1 aliphatic carbocycles. The topological polar surface area (TPSA) is 102 Å². The van der Waals surface area contributed by atoms with Crippen molar-refractivity contribution >= 4 is 22.6 Å². The van der Waals surface area contributed by atoms with Crippen LogP contribution in [-0.4, -0.2) is 42.5 Å². The Balaban J connectivity index is 1.36. The van der Waals surface area contributed by atoms with Crippen molar-refractivity contribution in [1.82, 2.24) is 31.3 Å². The molecule has 0 radical (unpaired) electrons. The van der Waals surface area contributed by atoms with Crippen molar-refractivity contribution in [2.24, 2.45) is 11.8 Å². The molecule has 6 unspecified atom stereocenters. The smallest absolute Gasteiger partial charge is 0.312 e. The molecule has 150 valence electrons. The summed E-state index contributed by atoms with van der Waals surface area (Å²) >= 11 is 1.76. The number of rotatable bonds is 3. The molecular weight excluding hydrogens is 396 g/mol. The molecule has 10 heteroatoms. The summed E-state index contributed by atoms with van der Waals surface area (Å²) in [7, 11) is -0.922. The van der Waals surface area contributed by atoms with Gasteiger partial charge in [-0.1, -0.05) is 18.2 Å². The van der Waals surface area contributed by atoms with Crippen LogP contribution in [0.2, 0.25) is 0 Å². The molecule has 4 aliphatic heterocycles. The Morgan fingerprint density at radius 3 is 2.93 bits per heavy atom. The predicted octanol–water partition coefficient (Wildman–Crippen LogP) is 0.677. The van der Waals surface area contributed by atoms with Crippen LogP contribution in [0.15, 0.2) is 27.1 Å². The van der Waals surface area contributed by atoms with Gasteiger partial charge in [-0.3, -0.25) is 9.53 Å². The van der Waals surface area contributed by atoms with Gasteiger partial charge < -0.3 is 10.4 Å². The molecule has 1 saturated carbocycles. The average Bonchev–Trinajstić information content (AvgIpc) is 3.27. The van der Waals surface area contributed by atoms with Crippen molar-refractivity contribution in [3.8, 4) is 0 Å². The summed E-state index contributed by atoms with van der Waals surface area (Å²) < 4.78 is 14.3. The van der Waals surface area contributed by atoms with Gasteiger partial charge in [0.2, 0.25) is 0 Å². The molecule has 5 aliphatic rings. The Hall–Kier alpha value is -1.20. The molecule has 0 spiro atoms. The summed E-state index contributed by atoms with van der Waals surface area (Å²) in [4.78, 5) is 18.0. The number of fused-ring (bicyclic) bond motifs is 2. The maximum absolute atomic E-state index is 13.2. The number of thioether (sulfide) groups is 1. The highest BCUT2D eigenvalue weighted by Gasteiger charge is 2.55. The predicted molar refractivity (Wildman–Crippen MR) is 108 cm³/mol. The van der Waals surface area contributed by atoms with Gasteiger partial charge in [0.1, 0.15) is 0 Å². The van der Waals surface area contributed by atoms with Gasteiger partial charge in [0.15, 0.2) is 0 Å². The number of hydrazine groups is 2. The van der Waals surface area contributed by atoms with E-state index in [0.717, 1.165) is 42.0 Å². The molecule has 28 heavy (non-hydrogen) atoms. The minimum atomic E-state index is -0.922. The summed E-state index contributed by atoms with van der Waals surface area (Å²) in [5.74, 6) is 0.829. The zero-order chi connectivity index (χ0) is 18.8. The minimum Gasteiger partial charge on any atom is -0.312 e. The monoisotopic (exact) mass is 420 g/mol. The van der Waals surface area contributed by atoms with Crippen LogP contribution in [0.3, 0.4) is 0 Å². The largest absolute Gasteiger partial charge is 0.344 e. The third-order valence-corrected chi connectivity index (χ3v) is 10.4. The van der Waals surface area contributed by atoms with E-state index in [2.05, 4.69) is 31.3 Å². The van der Waals surface area contributed by atoms with Crippen LogP contribution >= 0.6 is 11.8 Å². The number of aromatic nitrogens is 2. The molecule has 4 N–H and O–H groups in total. The molecule has 1 aromatic heterocycles. The van der Waals surface area contributed by atoms with E-state index < -0.39 is 10.8 Å². The van der Waals surface area contributed by atoms with Crippen molar-refractivity contribution in [2.75, 3.05) is 6.54 Å². The first-order chi connectivity index (χ1) is 13.7. The van der Waals surface area contributed by atoms with Gasteiger partial charge in [-0.05, 0) is 31.6 Å². The lowest BCUT2D eigenvalue weighted by Crippen LogP contribution is -2.61. The van der Waals surface area contributed by atoms with E-state index in [1.54, 1.807) is 24.2 Å². The standard InChI is InChI=1S/C18H24N6O2S2/c25-18-19-7-9(8-20-18)12-6-11-13-4-5-21-24(13)23-15-14(11)16(22-12)27-17(15)28(26)10-2-1-3-10/h7-8,10-14,16,21-23H,1-6H2,(H,19,20,25). The number of hydrogen-bond donors (Lipinski definition) is 4. The Labute approximate surface area is 169 Å². The molecule has 1 aromatic rings. The van der Waals surface area contributed by atoms with Gasteiger partial charge in [-0.25, -0.2) is 15.2 Å². The Morgan fingerprint density at radius 2 is 2.18 bits per heavy atom. The zero-order valence-corrected chi connectivity index (χ0v) is 17.0. The molecule has 0 amide bonds. The quantitative estimate of drug-likeness (QED) is 0.566. The molecule has 0 bridgehead atoms. The number of H-pyrrole nitrogens is 1. The zero-order valence-electron chi connectivity index (χ0n) is 15.4. The van der Waals surface area contributed by atoms with E-state index in [-0.39, 0.29) is 17.1 Å². The number of nitrogens with one attached hydrogen (secondary N) is 4. The van der Waals surface area contributed by atoms with E-state index in [4.69, 9.17) is 0 Å². The number of piperidine rings is 1. The van der Waals surface area contributed by atoms with Crippen molar-refractivity contribution in [1.29, 1.82) is 0 Å². The number of aromatic amines is 1. The summed E-state index contributed by atoms with van der Waals surface area (Å²) in [5, 5.41) is 6.45. The first-order valence-electron chi connectivity index (χ1n) is 10.1. The summed E-state index contributed by atoms with van der Waals surface area (Å²) in [6, 6.07) is 0.565. The SMILES string of the molecule is O=c1ncc(C2CC3C4C(=C(S(=O)C5CCC5)SC4N2)NN2NCCC32)c[nH]1. The second-order valence-corrected chi connectivity index (χ2v) is 11.4. The normalized spacial score (nSPS) is 38.5. The molecule has 8 nitrogen and oxygen atoms in total. The van der Waals surface area contributed by atoms with E-state index in [0.29, 0.717) is 23.1 Å². The van der Waals surface area contributed by atoms with Gasteiger partial charge in [-0.15, -0.1) is 0 Å². The average molecular weight is 421 g/mol. The number of hydrogen-bond acceptors (Lipinski definition) is 8. The van der Waals surface area contributed by atoms with Crippen LogP contribution in [0.5, 0.6) is 0 Å². The molecule has 3 saturated heterocycles. The lowest BCUT2D eigenvalue weighted by molar-refractivity contribution is 0.00555. The van der Waals surface area contributed by atoms with Crippen LogP contribution in [0.4, 0.5) is 0 Å². The maximum Gasteiger partial charge on any atom is 0.344 e. The van der Waals surface area contributed by atoms with Gasteiger partial charge in [0.25, 0.3) is 0 Å². The summed E-state index contributed by atoms with van der Waals surface area (Å²) in [5.41, 5.74) is 8.91. The number of nitrogens with zero attached hydrogens (tertiary/aromatic N) is 2. The van der Waals surface area contributed by atoms with Crippen molar-refractivity contribution < 1.29 is 4.21 Å². The summed E-state index contributed by atoms with van der Waals surface area (Å²) in [6.45, 7) is 0.964.